The molecule has 4 aromatic rings. The molecule has 2 N–H and O–H groups in total. The third-order valence-electron chi connectivity index (χ3n) is 7.10. The van der Waals surface area contributed by atoms with Crippen LogP contribution in [-0.2, 0) is 0 Å². The van der Waals surface area contributed by atoms with Gasteiger partial charge in [0.15, 0.2) is 0 Å². The molecule has 2 heterocycles. The lowest BCUT2D eigenvalue weighted by molar-refractivity contribution is 0.150. The zero-order valence-electron chi connectivity index (χ0n) is 24.1. The van der Waals surface area contributed by atoms with Gasteiger partial charge in [-0.25, -0.2) is 9.97 Å². The van der Waals surface area contributed by atoms with Crippen LogP contribution in [0.4, 0.5) is 11.6 Å². The normalized spacial score (nSPS) is 14.3. The van der Waals surface area contributed by atoms with Crippen LogP contribution in [0.25, 0.3) is 0 Å². The lowest BCUT2D eigenvalue weighted by Gasteiger charge is -2.40. The standard InChI is InChI=1S/C33H37N7S/c1-23-19-24(2)21-29(20-23)36-33(41)38-32(37-31-34-25(3)22-26(4)35-31)40-17-15-39(16-18-40)30(27-11-7-5-8-12-27)28-13-9-6-10-14-28/h5-14,19-22,30H,15-18H2,1-4H3,(H2,34,35,36,37,38,41). The largest absolute Gasteiger partial charge is 0.340 e. The van der Waals surface area contributed by atoms with Crippen LogP contribution in [0.1, 0.15) is 39.7 Å². The number of anilines is 2. The van der Waals surface area contributed by atoms with E-state index in [0.717, 1.165) is 43.3 Å². The summed E-state index contributed by atoms with van der Waals surface area (Å²) in [7, 11) is 0. The van der Waals surface area contributed by atoms with Crippen molar-refractivity contribution in [2.24, 2.45) is 4.99 Å². The molecule has 1 fully saturated rings. The van der Waals surface area contributed by atoms with E-state index in [-0.39, 0.29) is 6.04 Å². The van der Waals surface area contributed by atoms with Crippen LogP contribution >= 0.6 is 12.2 Å². The van der Waals surface area contributed by atoms with Crippen LogP contribution in [-0.4, -0.2) is 57.0 Å². The van der Waals surface area contributed by atoms with Crippen LogP contribution in [0.2, 0.25) is 0 Å². The van der Waals surface area contributed by atoms with Gasteiger partial charge in [-0.2, -0.15) is 4.99 Å². The average Bonchev–Trinajstić information content (AvgIpc) is 2.93. The Labute approximate surface area is 248 Å². The molecule has 0 bridgehead atoms. The Morgan fingerprint density at radius 2 is 1.27 bits per heavy atom. The number of nitrogens with one attached hydrogen (secondary N) is 2. The number of aliphatic imine (C=N–C) groups is 1. The lowest BCUT2D eigenvalue weighted by atomic mass is 9.96. The van der Waals surface area contributed by atoms with Gasteiger partial charge >= 0.3 is 0 Å². The van der Waals surface area contributed by atoms with Gasteiger partial charge in [0.1, 0.15) is 0 Å². The molecule has 0 unspecified atom stereocenters. The Hall–Kier alpha value is -4.14. The van der Waals surface area contributed by atoms with Gasteiger partial charge in [-0.15, -0.1) is 0 Å². The summed E-state index contributed by atoms with van der Waals surface area (Å²) in [5.74, 6) is 1.16. The molecule has 3 aromatic carbocycles. The maximum Gasteiger partial charge on any atom is 0.229 e. The summed E-state index contributed by atoms with van der Waals surface area (Å²) in [6, 6.07) is 29.9. The van der Waals surface area contributed by atoms with E-state index in [2.05, 4.69) is 123 Å². The first-order valence-corrected chi connectivity index (χ1v) is 14.4. The number of hydrogen-bond acceptors (Lipinski definition) is 4. The number of nitrogens with zero attached hydrogens (tertiary/aromatic N) is 5. The fourth-order valence-corrected chi connectivity index (χ4v) is 5.64. The minimum atomic E-state index is 0.183. The summed E-state index contributed by atoms with van der Waals surface area (Å²) in [5.41, 5.74) is 7.65. The summed E-state index contributed by atoms with van der Waals surface area (Å²) in [6.45, 7) is 11.4. The summed E-state index contributed by atoms with van der Waals surface area (Å²) < 4.78 is 0. The molecule has 0 radical (unpaired) electrons. The summed E-state index contributed by atoms with van der Waals surface area (Å²) >= 11 is 5.71. The number of aromatic nitrogens is 2. The molecule has 5 rings (SSSR count). The maximum absolute atomic E-state index is 5.71. The molecule has 0 aliphatic carbocycles. The van der Waals surface area contributed by atoms with E-state index < -0.39 is 0 Å². The van der Waals surface area contributed by atoms with Crippen molar-refractivity contribution in [3.63, 3.8) is 0 Å². The van der Waals surface area contributed by atoms with Gasteiger partial charge in [0.05, 0.1) is 6.04 Å². The molecule has 41 heavy (non-hydrogen) atoms. The van der Waals surface area contributed by atoms with E-state index >= 15 is 0 Å². The topological polar surface area (TPSA) is 68.7 Å². The van der Waals surface area contributed by atoms with Crippen molar-refractivity contribution in [1.29, 1.82) is 0 Å². The average molecular weight is 564 g/mol. The number of aryl methyl sites for hydroxylation is 4. The predicted octanol–water partition coefficient (Wildman–Crippen LogP) is 6.28. The van der Waals surface area contributed by atoms with E-state index in [1.807, 2.05) is 19.9 Å². The van der Waals surface area contributed by atoms with Gasteiger partial charge < -0.3 is 10.2 Å². The third kappa shape index (κ3) is 7.54. The first-order valence-electron chi connectivity index (χ1n) is 14.0. The molecule has 1 aliphatic rings. The van der Waals surface area contributed by atoms with Crippen molar-refractivity contribution < 1.29 is 0 Å². The molecule has 0 atom stereocenters. The first-order chi connectivity index (χ1) is 19.8. The molecule has 210 valence electrons. The number of guanidine groups is 1. The van der Waals surface area contributed by atoms with Crippen molar-refractivity contribution in [2.45, 2.75) is 33.7 Å². The molecule has 0 saturated carbocycles. The number of hydrogen-bond donors (Lipinski definition) is 2. The van der Waals surface area contributed by atoms with Crippen molar-refractivity contribution >= 4 is 34.9 Å². The Balaban J connectivity index is 1.38. The van der Waals surface area contributed by atoms with Crippen LogP contribution in [0.15, 0.2) is 89.9 Å². The predicted molar refractivity (Wildman–Crippen MR) is 173 cm³/mol. The van der Waals surface area contributed by atoms with E-state index in [9.17, 15) is 0 Å². The number of rotatable bonds is 5. The van der Waals surface area contributed by atoms with Crippen LogP contribution in [0.5, 0.6) is 0 Å². The van der Waals surface area contributed by atoms with E-state index in [1.54, 1.807) is 0 Å². The quantitative estimate of drug-likeness (QED) is 0.168. The minimum absolute atomic E-state index is 0.183. The first kappa shape index (κ1) is 28.4. The van der Waals surface area contributed by atoms with Gasteiger partial charge in [-0.1, -0.05) is 66.7 Å². The lowest BCUT2D eigenvalue weighted by Crippen LogP contribution is -2.52. The highest BCUT2D eigenvalue weighted by Gasteiger charge is 2.28. The van der Waals surface area contributed by atoms with Gasteiger partial charge in [0, 0.05) is 43.3 Å². The fraction of sp³-hybridized carbons (Fsp3) is 0.273. The van der Waals surface area contributed by atoms with E-state index in [4.69, 9.17) is 17.2 Å². The molecule has 1 saturated heterocycles. The highest BCUT2D eigenvalue weighted by Crippen LogP contribution is 2.29. The van der Waals surface area contributed by atoms with Gasteiger partial charge in [-0.3, -0.25) is 10.2 Å². The summed E-state index contributed by atoms with van der Waals surface area (Å²) in [4.78, 5) is 18.8. The van der Waals surface area contributed by atoms with Crippen molar-refractivity contribution in [2.75, 3.05) is 36.8 Å². The van der Waals surface area contributed by atoms with E-state index in [1.165, 1.54) is 22.3 Å². The smallest absolute Gasteiger partial charge is 0.229 e. The summed E-state index contributed by atoms with van der Waals surface area (Å²) in [5, 5.41) is 7.07. The zero-order chi connectivity index (χ0) is 28.8. The minimum Gasteiger partial charge on any atom is -0.340 e. The van der Waals surface area contributed by atoms with Gasteiger partial charge in [0.2, 0.25) is 17.0 Å². The van der Waals surface area contributed by atoms with Crippen molar-refractivity contribution in [1.82, 2.24) is 19.8 Å². The molecule has 0 spiro atoms. The second-order valence-electron chi connectivity index (χ2n) is 10.6. The molecule has 8 heteroatoms. The Bertz CT molecular complexity index is 1430. The van der Waals surface area contributed by atoms with Crippen molar-refractivity contribution in [3.8, 4) is 0 Å². The highest BCUT2D eigenvalue weighted by molar-refractivity contribution is 7.80. The molecule has 7 nitrogen and oxygen atoms in total. The van der Waals surface area contributed by atoms with Crippen LogP contribution < -0.4 is 10.6 Å². The fourth-order valence-electron chi connectivity index (χ4n) is 5.43. The van der Waals surface area contributed by atoms with Gasteiger partial charge in [-0.05, 0) is 80.4 Å². The van der Waals surface area contributed by atoms with Crippen LogP contribution in [0, 0.1) is 27.7 Å². The second-order valence-corrected chi connectivity index (χ2v) is 11.0. The SMILES string of the molecule is Cc1cc(C)cc(NC(=S)/N=C(/Nc2nc(C)cc(C)n2)N2CCN(C(c3ccccc3)c3ccccc3)CC2)c1. The Kier molecular flexibility index (Phi) is 9.01. The Morgan fingerprint density at radius 3 is 1.80 bits per heavy atom. The third-order valence-corrected chi connectivity index (χ3v) is 7.29. The number of benzene rings is 3. The molecular formula is C33H37N7S. The number of thiocarbonyl (C=S) groups is 1. The molecule has 1 aliphatic heterocycles. The molecular weight excluding hydrogens is 526 g/mol. The summed E-state index contributed by atoms with van der Waals surface area (Å²) in [6.07, 6.45) is 0. The maximum atomic E-state index is 5.71. The van der Waals surface area contributed by atoms with Crippen LogP contribution in [0.3, 0.4) is 0 Å². The Morgan fingerprint density at radius 1 is 0.732 bits per heavy atom. The van der Waals surface area contributed by atoms with Gasteiger partial charge in [0.25, 0.3) is 0 Å². The second kappa shape index (κ2) is 13.0. The zero-order valence-corrected chi connectivity index (χ0v) is 24.9. The number of piperazine rings is 1. The molecule has 0 amide bonds. The monoisotopic (exact) mass is 563 g/mol. The molecule has 1 aromatic heterocycles. The van der Waals surface area contributed by atoms with Crippen molar-refractivity contribution in [3.05, 3.63) is 119 Å². The van der Waals surface area contributed by atoms with E-state index in [0.29, 0.717) is 17.0 Å². The highest BCUT2D eigenvalue weighted by atomic mass is 32.1.